The molecule has 0 saturated heterocycles. The van der Waals surface area contributed by atoms with E-state index < -0.39 is 0 Å². The highest BCUT2D eigenvalue weighted by molar-refractivity contribution is 5.51. The van der Waals surface area contributed by atoms with Gasteiger partial charge in [-0.1, -0.05) is 6.92 Å². The van der Waals surface area contributed by atoms with E-state index in [1.807, 2.05) is 12.3 Å². The lowest BCUT2D eigenvalue weighted by molar-refractivity contribution is 0.337. The van der Waals surface area contributed by atoms with E-state index in [1.54, 1.807) is 0 Å². The third-order valence-electron chi connectivity index (χ3n) is 3.28. The second kappa shape index (κ2) is 6.59. The number of hydrogen-bond donors (Lipinski definition) is 2. The number of hydrogen-bond acceptors (Lipinski definition) is 4. The molecule has 1 heterocycles. The van der Waals surface area contributed by atoms with E-state index in [1.165, 1.54) is 12.8 Å². The first-order chi connectivity index (χ1) is 8.79. The van der Waals surface area contributed by atoms with Gasteiger partial charge in [0.2, 0.25) is 0 Å². The minimum absolute atomic E-state index is 0.839. The van der Waals surface area contributed by atoms with Crippen LogP contribution in [0.15, 0.2) is 18.3 Å². The fourth-order valence-electron chi connectivity index (χ4n) is 1.96. The summed E-state index contributed by atoms with van der Waals surface area (Å²) in [6.45, 7) is 5.22. The lowest BCUT2D eigenvalue weighted by Gasteiger charge is -2.16. The third-order valence-corrected chi connectivity index (χ3v) is 3.28. The molecule has 0 atom stereocenters. The number of aromatic nitrogens is 1. The molecule has 100 valence electrons. The van der Waals surface area contributed by atoms with Gasteiger partial charge in [-0.3, -0.25) is 0 Å². The van der Waals surface area contributed by atoms with E-state index in [0.29, 0.717) is 0 Å². The smallest absolute Gasteiger partial charge is 0.127 e. The van der Waals surface area contributed by atoms with Crippen LogP contribution in [0.5, 0.6) is 0 Å². The monoisotopic (exact) mass is 248 g/mol. The zero-order valence-corrected chi connectivity index (χ0v) is 11.4. The van der Waals surface area contributed by atoms with Gasteiger partial charge in [-0.2, -0.15) is 0 Å². The van der Waals surface area contributed by atoms with Gasteiger partial charge in [0, 0.05) is 43.6 Å². The molecule has 0 bridgehead atoms. The maximum Gasteiger partial charge on any atom is 0.127 e. The summed E-state index contributed by atoms with van der Waals surface area (Å²) in [7, 11) is 2.21. The van der Waals surface area contributed by atoms with Crippen molar-refractivity contribution in [2.24, 2.45) is 0 Å². The Kier molecular flexibility index (Phi) is 4.81. The van der Waals surface area contributed by atoms with Gasteiger partial charge in [0.25, 0.3) is 0 Å². The maximum absolute atomic E-state index is 4.30. The van der Waals surface area contributed by atoms with Gasteiger partial charge in [-0.25, -0.2) is 4.98 Å². The van der Waals surface area contributed by atoms with Gasteiger partial charge in [0.05, 0.1) is 0 Å². The van der Waals surface area contributed by atoms with Crippen LogP contribution < -0.4 is 10.6 Å². The molecule has 0 radical (unpaired) electrons. The molecule has 1 aromatic heterocycles. The average molecular weight is 248 g/mol. The molecule has 0 amide bonds. The highest BCUT2D eigenvalue weighted by atomic mass is 15.2. The molecule has 1 aliphatic carbocycles. The summed E-state index contributed by atoms with van der Waals surface area (Å²) in [6, 6.07) is 4.94. The molecular formula is C14H24N4. The highest BCUT2D eigenvalue weighted by Gasteiger charge is 2.25. The van der Waals surface area contributed by atoms with Crippen molar-refractivity contribution < 1.29 is 0 Å². The van der Waals surface area contributed by atoms with Crippen molar-refractivity contribution in [2.75, 3.05) is 37.3 Å². The van der Waals surface area contributed by atoms with E-state index >= 15 is 0 Å². The van der Waals surface area contributed by atoms with Crippen molar-refractivity contribution in [1.29, 1.82) is 0 Å². The van der Waals surface area contributed by atoms with Gasteiger partial charge < -0.3 is 15.5 Å². The van der Waals surface area contributed by atoms with Crippen molar-refractivity contribution in [3.8, 4) is 0 Å². The van der Waals surface area contributed by atoms with Crippen molar-refractivity contribution in [3.05, 3.63) is 18.3 Å². The second-order valence-corrected chi connectivity index (χ2v) is 5.00. The number of nitrogens with zero attached hydrogens (tertiary/aromatic N) is 2. The fourth-order valence-corrected chi connectivity index (χ4v) is 1.96. The Morgan fingerprint density at radius 2 is 2.17 bits per heavy atom. The van der Waals surface area contributed by atoms with E-state index in [-0.39, 0.29) is 0 Å². The summed E-state index contributed by atoms with van der Waals surface area (Å²) in [5.41, 5.74) is 1.15. The summed E-state index contributed by atoms with van der Waals surface area (Å²) in [5.74, 6) is 0.956. The predicted molar refractivity (Wildman–Crippen MR) is 77.2 cm³/mol. The van der Waals surface area contributed by atoms with Crippen LogP contribution in [0.4, 0.5) is 11.5 Å². The summed E-state index contributed by atoms with van der Waals surface area (Å²) < 4.78 is 0. The number of anilines is 2. The van der Waals surface area contributed by atoms with E-state index in [9.17, 15) is 0 Å². The summed E-state index contributed by atoms with van der Waals surface area (Å²) in [5, 5.41) is 6.75. The summed E-state index contributed by atoms with van der Waals surface area (Å²) in [4.78, 5) is 6.73. The molecule has 0 aromatic carbocycles. The molecule has 4 nitrogen and oxygen atoms in total. The molecular weight excluding hydrogens is 224 g/mol. The second-order valence-electron chi connectivity index (χ2n) is 5.00. The van der Waals surface area contributed by atoms with Crippen molar-refractivity contribution in [2.45, 2.75) is 32.2 Å². The minimum Gasteiger partial charge on any atom is -0.384 e. The average Bonchev–Trinajstić information content (AvgIpc) is 3.21. The van der Waals surface area contributed by atoms with E-state index in [2.05, 4.69) is 40.6 Å². The molecule has 0 aliphatic heterocycles. The predicted octanol–water partition coefficient (Wildman–Crippen LogP) is 2.41. The lowest BCUT2D eigenvalue weighted by atomic mass is 10.3. The molecule has 0 unspecified atom stereocenters. The number of pyridine rings is 1. The Morgan fingerprint density at radius 1 is 1.33 bits per heavy atom. The molecule has 18 heavy (non-hydrogen) atoms. The first kappa shape index (κ1) is 13.1. The molecule has 4 heteroatoms. The van der Waals surface area contributed by atoms with Crippen LogP contribution in [0.2, 0.25) is 0 Å². The number of nitrogens with one attached hydrogen (secondary N) is 2. The van der Waals surface area contributed by atoms with Crippen LogP contribution in [0, 0.1) is 0 Å². The Balaban J connectivity index is 1.73. The van der Waals surface area contributed by atoms with Crippen LogP contribution >= 0.6 is 0 Å². The Hall–Kier alpha value is -1.29. The quantitative estimate of drug-likeness (QED) is 0.741. The Morgan fingerprint density at radius 3 is 2.89 bits per heavy atom. The number of rotatable bonds is 8. The molecule has 2 N–H and O–H groups in total. The highest BCUT2D eigenvalue weighted by Crippen LogP contribution is 2.24. The third kappa shape index (κ3) is 4.18. The normalized spacial score (nSPS) is 14.8. The molecule has 1 aliphatic rings. The van der Waals surface area contributed by atoms with Crippen LogP contribution in [0.25, 0.3) is 0 Å². The van der Waals surface area contributed by atoms with Gasteiger partial charge in [-0.05, 0) is 32.4 Å². The first-order valence-corrected chi connectivity index (χ1v) is 6.93. The van der Waals surface area contributed by atoms with Crippen molar-refractivity contribution in [3.63, 3.8) is 0 Å². The van der Waals surface area contributed by atoms with Crippen molar-refractivity contribution >= 4 is 11.5 Å². The Bertz CT molecular complexity index is 363. The maximum atomic E-state index is 4.30. The van der Waals surface area contributed by atoms with Crippen LogP contribution in [-0.4, -0.2) is 42.6 Å². The molecule has 0 spiro atoms. The van der Waals surface area contributed by atoms with Crippen LogP contribution in [0.1, 0.15) is 26.2 Å². The van der Waals surface area contributed by atoms with Gasteiger partial charge in [-0.15, -0.1) is 0 Å². The molecule has 1 saturated carbocycles. The molecule has 2 rings (SSSR count). The lowest BCUT2D eigenvalue weighted by Crippen LogP contribution is -2.27. The largest absolute Gasteiger partial charge is 0.384 e. The van der Waals surface area contributed by atoms with E-state index in [0.717, 1.165) is 43.6 Å². The molecule has 1 aromatic rings. The summed E-state index contributed by atoms with van der Waals surface area (Å²) >= 11 is 0. The topological polar surface area (TPSA) is 40.2 Å². The van der Waals surface area contributed by atoms with Crippen molar-refractivity contribution in [1.82, 2.24) is 9.88 Å². The van der Waals surface area contributed by atoms with Crippen LogP contribution in [0.3, 0.4) is 0 Å². The standard InChI is InChI=1S/C14H24N4/c1-3-7-16-14-11-12(6-8-17-14)15-9-10-18(2)13-4-5-13/h6,8,11,13H,3-5,7,9-10H2,1-2H3,(H2,15,16,17). The molecule has 1 fully saturated rings. The zero-order chi connectivity index (χ0) is 12.8. The zero-order valence-electron chi connectivity index (χ0n) is 11.4. The van der Waals surface area contributed by atoms with Crippen LogP contribution in [-0.2, 0) is 0 Å². The Labute approximate surface area is 110 Å². The van der Waals surface area contributed by atoms with Gasteiger partial charge in [0.15, 0.2) is 0 Å². The number of likely N-dealkylation sites (N-methyl/N-ethyl adjacent to an activating group) is 1. The minimum atomic E-state index is 0.839. The summed E-state index contributed by atoms with van der Waals surface area (Å²) in [6.07, 6.45) is 5.71. The first-order valence-electron chi connectivity index (χ1n) is 6.93. The fraction of sp³-hybridized carbons (Fsp3) is 0.643. The van der Waals surface area contributed by atoms with Gasteiger partial charge in [0.1, 0.15) is 5.82 Å². The van der Waals surface area contributed by atoms with Gasteiger partial charge >= 0.3 is 0 Å². The SMILES string of the molecule is CCCNc1cc(NCCN(C)C2CC2)ccn1. The van der Waals surface area contributed by atoms with E-state index in [4.69, 9.17) is 0 Å².